The molecule has 3 atom stereocenters. The van der Waals surface area contributed by atoms with Crippen LogP contribution in [0.5, 0.6) is 0 Å². The van der Waals surface area contributed by atoms with Gasteiger partial charge in [-0.3, -0.25) is 13.8 Å². The van der Waals surface area contributed by atoms with Crippen LogP contribution in [0.1, 0.15) is 200 Å². The Morgan fingerprint density at radius 3 is 1.73 bits per heavy atom. The third-order valence-corrected chi connectivity index (χ3v) is 10.2. The van der Waals surface area contributed by atoms with Crippen molar-refractivity contribution in [1.29, 1.82) is 0 Å². The van der Waals surface area contributed by atoms with Crippen LogP contribution in [0.2, 0.25) is 0 Å². The number of hydrogen-bond donors (Lipinski definition) is 3. The monoisotopic (exact) mass is 748 g/mol. The van der Waals surface area contributed by atoms with Gasteiger partial charge in [-0.1, -0.05) is 167 Å². The van der Waals surface area contributed by atoms with Gasteiger partial charge in [0.25, 0.3) is 0 Å². The highest BCUT2D eigenvalue weighted by molar-refractivity contribution is 7.47. The number of ether oxygens (including phenoxy) is 2. The minimum absolute atomic E-state index is 0.0908. The molecule has 0 rings (SSSR count). The number of hydrogen-bond acceptors (Lipinski definition) is 8. The van der Waals surface area contributed by atoms with Crippen molar-refractivity contribution in [3.63, 3.8) is 0 Å². The predicted octanol–water partition coefficient (Wildman–Crippen LogP) is 11.3. The van der Waals surface area contributed by atoms with Gasteiger partial charge in [0, 0.05) is 19.6 Å². The summed E-state index contributed by atoms with van der Waals surface area (Å²) in [4.78, 5) is 22.4. The summed E-state index contributed by atoms with van der Waals surface area (Å²) in [5.74, 6) is -0.365. The van der Waals surface area contributed by atoms with Gasteiger partial charge in [-0.05, 0) is 38.5 Å². The molecule has 0 bridgehead atoms. The van der Waals surface area contributed by atoms with Crippen LogP contribution in [-0.4, -0.2) is 61.1 Å². The van der Waals surface area contributed by atoms with Gasteiger partial charge in [0.15, 0.2) is 0 Å². The van der Waals surface area contributed by atoms with E-state index in [0.29, 0.717) is 6.61 Å². The van der Waals surface area contributed by atoms with Crippen molar-refractivity contribution in [2.24, 2.45) is 5.73 Å². The van der Waals surface area contributed by atoms with E-state index in [9.17, 15) is 19.4 Å². The number of carbonyl (C=O) groups is 1. The quantitative estimate of drug-likeness (QED) is 0.0241. The number of aliphatic hydroxyl groups excluding tert-OH is 1. The zero-order valence-corrected chi connectivity index (χ0v) is 34.1. The number of esters is 1. The van der Waals surface area contributed by atoms with E-state index in [2.05, 4.69) is 26.0 Å². The van der Waals surface area contributed by atoms with E-state index in [-0.39, 0.29) is 44.9 Å². The zero-order chi connectivity index (χ0) is 37.5. The van der Waals surface area contributed by atoms with Crippen LogP contribution >= 0.6 is 7.82 Å². The minimum atomic E-state index is -4.29. The molecule has 3 unspecified atom stereocenters. The molecular formula is C41H82NO8P. The van der Waals surface area contributed by atoms with Gasteiger partial charge < -0.3 is 25.2 Å². The number of phosphoric ester groups is 1. The van der Waals surface area contributed by atoms with E-state index in [1.807, 2.05) is 0 Å². The summed E-state index contributed by atoms with van der Waals surface area (Å²) in [6.07, 6.45) is 36.7. The first kappa shape index (κ1) is 50.2. The van der Waals surface area contributed by atoms with Crippen molar-refractivity contribution < 1.29 is 37.9 Å². The summed E-state index contributed by atoms with van der Waals surface area (Å²) in [7, 11) is -4.29. The van der Waals surface area contributed by atoms with E-state index >= 15 is 0 Å². The van der Waals surface area contributed by atoms with Crippen LogP contribution in [-0.2, 0) is 27.9 Å². The van der Waals surface area contributed by atoms with Crippen LogP contribution in [0.15, 0.2) is 12.2 Å². The largest absolute Gasteiger partial charge is 0.472 e. The van der Waals surface area contributed by atoms with Crippen molar-refractivity contribution in [3.05, 3.63) is 12.2 Å². The lowest BCUT2D eigenvalue weighted by atomic mass is 10.0. The van der Waals surface area contributed by atoms with E-state index in [1.165, 1.54) is 109 Å². The maximum atomic E-state index is 12.6. The summed E-state index contributed by atoms with van der Waals surface area (Å²) < 4.78 is 33.4. The first-order chi connectivity index (χ1) is 24.8. The summed E-state index contributed by atoms with van der Waals surface area (Å²) in [5.41, 5.74) is 5.36. The molecule has 10 heteroatoms. The van der Waals surface area contributed by atoms with E-state index < -0.39 is 13.9 Å². The van der Waals surface area contributed by atoms with Gasteiger partial charge in [0.1, 0.15) is 6.10 Å². The molecule has 4 N–H and O–H groups in total. The molecule has 0 fully saturated rings. The Hall–Kier alpha value is -0.800. The van der Waals surface area contributed by atoms with Gasteiger partial charge in [-0.25, -0.2) is 4.57 Å². The Labute approximate surface area is 314 Å². The topological polar surface area (TPSA) is 138 Å². The molecule has 0 saturated heterocycles. The molecule has 0 spiro atoms. The number of carbonyl (C=O) groups excluding carboxylic acids is 1. The zero-order valence-electron chi connectivity index (χ0n) is 33.2. The molecule has 0 saturated carbocycles. The van der Waals surface area contributed by atoms with Gasteiger partial charge in [-0.2, -0.15) is 0 Å². The summed E-state index contributed by atoms with van der Waals surface area (Å²) >= 11 is 0. The van der Waals surface area contributed by atoms with Crippen molar-refractivity contribution in [3.8, 4) is 0 Å². The molecule has 9 nitrogen and oxygen atoms in total. The highest BCUT2D eigenvalue weighted by atomic mass is 31.2. The smallest absolute Gasteiger partial charge is 0.457 e. The van der Waals surface area contributed by atoms with Gasteiger partial charge >= 0.3 is 13.8 Å². The van der Waals surface area contributed by atoms with Crippen LogP contribution in [0, 0.1) is 0 Å². The number of unbranched alkanes of at least 4 members (excludes halogenated alkanes) is 23. The maximum Gasteiger partial charge on any atom is 0.472 e. The summed E-state index contributed by atoms with van der Waals surface area (Å²) in [6.45, 7) is 4.81. The molecule has 0 amide bonds. The molecule has 0 heterocycles. The molecule has 51 heavy (non-hydrogen) atoms. The number of phosphoric acid groups is 1. The van der Waals surface area contributed by atoms with E-state index in [4.69, 9.17) is 24.3 Å². The Bertz CT molecular complexity index is 815. The number of nitrogens with two attached hydrogens (primary N) is 1. The fraction of sp³-hybridized carbons (Fsp3) is 0.927. The lowest BCUT2D eigenvalue weighted by Crippen LogP contribution is -2.28. The normalized spacial score (nSPS) is 14.2. The average Bonchev–Trinajstić information content (AvgIpc) is 3.11. The van der Waals surface area contributed by atoms with Crippen LogP contribution < -0.4 is 5.73 Å². The third-order valence-electron chi connectivity index (χ3n) is 9.26. The fourth-order valence-electron chi connectivity index (χ4n) is 6.07. The lowest BCUT2D eigenvalue weighted by molar-refractivity contribution is -0.154. The van der Waals surface area contributed by atoms with E-state index in [1.54, 1.807) is 0 Å². The standard InChI is InChI=1S/C41H82NO8P/c1-3-5-7-9-11-12-13-14-15-16-17-18-19-22-26-30-35-47-37-40(38-49-51(45,46)48-36-34-42)50-41(44)33-29-25-21-20-24-28-32-39(43)31-27-23-10-8-6-4-2/h23,27,39-40,43H,3-22,24-26,28-38,42H2,1-2H3,(H,45,46)/b27-23+. The third kappa shape index (κ3) is 38.7. The average molecular weight is 748 g/mol. The van der Waals surface area contributed by atoms with Gasteiger partial charge in [0.05, 0.1) is 25.9 Å². The van der Waals surface area contributed by atoms with Gasteiger partial charge in [0.2, 0.25) is 0 Å². The van der Waals surface area contributed by atoms with Crippen LogP contribution in [0.3, 0.4) is 0 Å². The Kier molecular flexibility index (Phi) is 38.3. The van der Waals surface area contributed by atoms with Gasteiger partial charge in [-0.15, -0.1) is 0 Å². The van der Waals surface area contributed by atoms with Crippen LogP contribution in [0.4, 0.5) is 0 Å². The highest BCUT2D eigenvalue weighted by Crippen LogP contribution is 2.43. The Morgan fingerprint density at radius 1 is 0.647 bits per heavy atom. The van der Waals surface area contributed by atoms with Crippen molar-refractivity contribution in [1.82, 2.24) is 0 Å². The Balaban J connectivity index is 4.07. The molecule has 0 aromatic carbocycles. The molecule has 0 aromatic rings. The molecule has 304 valence electrons. The molecule has 0 aliphatic rings. The summed E-state index contributed by atoms with van der Waals surface area (Å²) in [6, 6.07) is 0. The second-order valence-corrected chi connectivity index (χ2v) is 15.8. The first-order valence-electron chi connectivity index (χ1n) is 21.3. The number of aliphatic hydroxyl groups is 1. The second-order valence-electron chi connectivity index (χ2n) is 14.4. The maximum absolute atomic E-state index is 12.6. The van der Waals surface area contributed by atoms with Crippen molar-refractivity contribution in [2.45, 2.75) is 212 Å². The number of allylic oxidation sites excluding steroid dienone is 1. The summed E-state index contributed by atoms with van der Waals surface area (Å²) in [5, 5.41) is 10.2. The van der Waals surface area contributed by atoms with E-state index in [0.717, 1.165) is 70.6 Å². The molecule has 0 radical (unpaired) electrons. The lowest BCUT2D eigenvalue weighted by Gasteiger charge is -2.20. The van der Waals surface area contributed by atoms with Crippen molar-refractivity contribution >= 4 is 13.8 Å². The molecule has 0 aliphatic heterocycles. The van der Waals surface area contributed by atoms with Crippen LogP contribution in [0.25, 0.3) is 0 Å². The molecule has 0 aliphatic carbocycles. The van der Waals surface area contributed by atoms with Crippen molar-refractivity contribution in [2.75, 3.05) is 33.0 Å². The molecule has 0 aromatic heterocycles. The second kappa shape index (κ2) is 38.9. The Morgan fingerprint density at radius 2 is 1.16 bits per heavy atom. The predicted molar refractivity (Wildman–Crippen MR) is 212 cm³/mol. The first-order valence-corrected chi connectivity index (χ1v) is 22.8. The number of rotatable bonds is 41. The highest BCUT2D eigenvalue weighted by Gasteiger charge is 2.25. The molecular weight excluding hydrogens is 665 g/mol. The minimum Gasteiger partial charge on any atom is -0.457 e. The fourth-order valence-corrected chi connectivity index (χ4v) is 6.83. The SMILES string of the molecule is CCCCC/C=C/CC(O)CCCCCCCCC(=O)OC(COCCCCCCCCCCCCCCCCCC)COP(=O)(O)OCCN.